The summed E-state index contributed by atoms with van der Waals surface area (Å²) in [6.07, 6.45) is -4.26. The second kappa shape index (κ2) is 8.69. The quantitative estimate of drug-likeness (QED) is 0.503. The van der Waals surface area contributed by atoms with Gasteiger partial charge in [0.1, 0.15) is 0 Å². The molecule has 2 aromatic heterocycles. The van der Waals surface area contributed by atoms with Crippen molar-refractivity contribution in [2.45, 2.75) is 38.5 Å². The van der Waals surface area contributed by atoms with Gasteiger partial charge in [-0.1, -0.05) is 17.3 Å². The number of thiazole rings is 1. The lowest BCUT2D eigenvalue weighted by Gasteiger charge is -2.10. The van der Waals surface area contributed by atoms with Crippen LogP contribution in [0.25, 0.3) is 11.4 Å². The van der Waals surface area contributed by atoms with Gasteiger partial charge in [-0.25, -0.2) is 4.98 Å². The van der Waals surface area contributed by atoms with Crippen LogP contribution in [-0.2, 0) is 26.9 Å². The molecule has 1 unspecified atom stereocenters. The highest BCUT2D eigenvalue weighted by Gasteiger charge is 2.31. The van der Waals surface area contributed by atoms with E-state index >= 15 is 0 Å². The molecule has 1 aliphatic heterocycles. The second-order valence-electron chi connectivity index (χ2n) is 7.11. The van der Waals surface area contributed by atoms with Crippen LogP contribution in [0.3, 0.4) is 0 Å². The van der Waals surface area contributed by atoms with Crippen molar-refractivity contribution in [2.75, 3.05) is 11.4 Å². The van der Waals surface area contributed by atoms with E-state index in [-0.39, 0.29) is 29.6 Å². The van der Waals surface area contributed by atoms with Crippen molar-refractivity contribution in [1.29, 1.82) is 0 Å². The predicted molar refractivity (Wildman–Crippen MR) is 107 cm³/mol. The second-order valence-corrected chi connectivity index (χ2v) is 7.95. The number of rotatable bonds is 6. The van der Waals surface area contributed by atoms with Crippen molar-refractivity contribution in [2.24, 2.45) is 0 Å². The Morgan fingerprint density at radius 3 is 2.88 bits per heavy atom. The molecule has 0 saturated carbocycles. The maximum atomic E-state index is 12.9. The summed E-state index contributed by atoms with van der Waals surface area (Å²) in [5.41, 5.74) is -0.240. The van der Waals surface area contributed by atoms with Crippen LogP contribution in [0.15, 0.2) is 34.2 Å². The van der Waals surface area contributed by atoms with Crippen LogP contribution in [-0.4, -0.2) is 33.5 Å². The molecule has 1 amide bonds. The van der Waals surface area contributed by atoms with Crippen LogP contribution in [0.4, 0.5) is 18.3 Å². The van der Waals surface area contributed by atoms with E-state index in [9.17, 15) is 22.8 Å². The number of aromatic nitrogens is 3. The summed E-state index contributed by atoms with van der Waals surface area (Å²) in [5.74, 6) is -0.684. The summed E-state index contributed by atoms with van der Waals surface area (Å²) in [4.78, 5) is 34.0. The molecule has 1 saturated heterocycles. The number of esters is 1. The van der Waals surface area contributed by atoms with Crippen molar-refractivity contribution >= 4 is 28.3 Å². The summed E-state index contributed by atoms with van der Waals surface area (Å²) in [7, 11) is 0. The van der Waals surface area contributed by atoms with Crippen LogP contribution in [0.1, 0.15) is 43.0 Å². The van der Waals surface area contributed by atoms with Crippen LogP contribution in [0.5, 0.6) is 0 Å². The SMILES string of the molecule is CC(OC(=O)Cc1csc(N2CCCC2=O)n1)c1nc(-c2cccc(C(F)(F)F)c2)no1. The third-order valence-electron chi connectivity index (χ3n) is 4.72. The Hall–Kier alpha value is -3.28. The van der Waals surface area contributed by atoms with Gasteiger partial charge in [0.2, 0.25) is 11.7 Å². The smallest absolute Gasteiger partial charge is 0.416 e. The fraction of sp³-hybridized carbons (Fsp3) is 0.350. The van der Waals surface area contributed by atoms with Crippen LogP contribution >= 0.6 is 11.3 Å². The minimum atomic E-state index is -4.50. The molecule has 0 N–H and O–H groups in total. The molecular weight excluding hydrogens is 449 g/mol. The third kappa shape index (κ3) is 4.79. The first-order valence-electron chi connectivity index (χ1n) is 9.66. The molecular formula is C20H17F3N4O4S. The van der Waals surface area contributed by atoms with Gasteiger partial charge >= 0.3 is 12.1 Å². The number of benzene rings is 1. The standard InChI is InChI=1S/C20H17F3N4O4S/c1-11(18-25-17(26-31-18)12-4-2-5-13(8-12)20(21,22)23)30-16(29)9-14-10-32-19(24-14)27-7-3-6-15(27)28/h2,4-5,8,10-11H,3,6-7,9H2,1H3. The molecule has 1 aliphatic rings. The first-order chi connectivity index (χ1) is 15.2. The van der Waals surface area contributed by atoms with Gasteiger partial charge in [0.15, 0.2) is 11.2 Å². The van der Waals surface area contributed by atoms with E-state index in [0.717, 1.165) is 18.6 Å². The van der Waals surface area contributed by atoms with E-state index < -0.39 is 23.8 Å². The number of amides is 1. The summed E-state index contributed by atoms with van der Waals surface area (Å²) in [5, 5.41) is 5.92. The number of carbonyl (C=O) groups is 2. The summed E-state index contributed by atoms with van der Waals surface area (Å²) < 4.78 is 49.1. The fourth-order valence-corrected chi connectivity index (χ4v) is 4.01. The van der Waals surface area contributed by atoms with Gasteiger partial charge < -0.3 is 9.26 Å². The molecule has 0 spiro atoms. The number of anilines is 1. The molecule has 3 aromatic rings. The van der Waals surface area contributed by atoms with Crippen LogP contribution < -0.4 is 4.90 Å². The van der Waals surface area contributed by atoms with Crippen LogP contribution in [0.2, 0.25) is 0 Å². The molecule has 4 rings (SSSR count). The average Bonchev–Trinajstić information content (AvgIpc) is 3.48. The van der Waals surface area contributed by atoms with E-state index in [1.165, 1.54) is 30.4 Å². The molecule has 12 heteroatoms. The van der Waals surface area contributed by atoms with Crippen molar-refractivity contribution in [3.8, 4) is 11.4 Å². The zero-order valence-corrected chi connectivity index (χ0v) is 17.6. The average molecular weight is 466 g/mol. The van der Waals surface area contributed by atoms with Crippen molar-refractivity contribution in [3.05, 3.63) is 46.8 Å². The van der Waals surface area contributed by atoms with Gasteiger partial charge in [0, 0.05) is 23.9 Å². The molecule has 168 valence electrons. The summed E-state index contributed by atoms with van der Waals surface area (Å²) in [6, 6.07) is 4.52. The number of halogens is 3. The maximum absolute atomic E-state index is 12.9. The van der Waals surface area contributed by atoms with E-state index in [2.05, 4.69) is 15.1 Å². The van der Waals surface area contributed by atoms with Crippen molar-refractivity contribution < 1.29 is 32.0 Å². The highest BCUT2D eigenvalue weighted by atomic mass is 32.1. The monoisotopic (exact) mass is 466 g/mol. The molecule has 0 aliphatic carbocycles. The topological polar surface area (TPSA) is 98.4 Å². The van der Waals surface area contributed by atoms with Gasteiger partial charge in [0.05, 0.1) is 17.7 Å². The number of hydrogen-bond acceptors (Lipinski definition) is 8. The van der Waals surface area contributed by atoms with E-state index in [1.54, 1.807) is 10.3 Å². The first kappa shape index (κ1) is 21.9. The predicted octanol–water partition coefficient (Wildman–Crippen LogP) is 4.19. The minimum absolute atomic E-state index is 0.00932. The molecule has 0 radical (unpaired) electrons. The highest BCUT2D eigenvalue weighted by Crippen LogP contribution is 2.32. The van der Waals surface area contributed by atoms with Gasteiger partial charge in [-0.15, -0.1) is 11.3 Å². The molecule has 1 atom stereocenters. The zero-order chi connectivity index (χ0) is 22.9. The Labute approximate surface area is 184 Å². The lowest BCUT2D eigenvalue weighted by Crippen LogP contribution is -2.23. The van der Waals surface area contributed by atoms with Gasteiger partial charge in [-0.05, 0) is 25.5 Å². The Kier molecular flexibility index (Phi) is 5.96. The summed E-state index contributed by atoms with van der Waals surface area (Å²) >= 11 is 1.28. The highest BCUT2D eigenvalue weighted by molar-refractivity contribution is 7.14. The van der Waals surface area contributed by atoms with Crippen molar-refractivity contribution in [3.63, 3.8) is 0 Å². The number of hydrogen-bond donors (Lipinski definition) is 0. The Morgan fingerprint density at radius 2 is 2.16 bits per heavy atom. The molecule has 3 heterocycles. The van der Waals surface area contributed by atoms with Gasteiger partial charge in [0.25, 0.3) is 5.89 Å². The zero-order valence-electron chi connectivity index (χ0n) is 16.8. The molecule has 0 bridgehead atoms. The fourth-order valence-electron chi connectivity index (χ4n) is 3.14. The van der Waals surface area contributed by atoms with Crippen molar-refractivity contribution in [1.82, 2.24) is 15.1 Å². The van der Waals surface area contributed by atoms with E-state index in [0.29, 0.717) is 23.8 Å². The maximum Gasteiger partial charge on any atom is 0.416 e. The third-order valence-corrected chi connectivity index (χ3v) is 5.63. The lowest BCUT2D eigenvalue weighted by molar-refractivity contribution is -0.149. The van der Waals surface area contributed by atoms with Crippen LogP contribution in [0, 0.1) is 0 Å². The number of alkyl halides is 3. The van der Waals surface area contributed by atoms with E-state index in [1.807, 2.05) is 0 Å². The summed E-state index contributed by atoms with van der Waals surface area (Å²) in [6.45, 7) is 2.12. The number of carbonyl (C=O) groups excluding carboxylic acids is 2. The number of nitrogens with zero attached hydrogens (tertiary/aromatic N) is 4. The Morgan fingerprint density at radius 1 is 1.34 bits per heavy atom. The van der Waals surface area contributed by atoms with E-state index in [4.69, 9.17) is 9.26 Å². The number of ether oxygens (including phenoxy) is 1. The first-order valence-corrected chi connectivity index (χ1v) is 10.5. The molecule has 8 nitrogen and oxygen atoms in total. The largest absolute Gasteiger partial charge is 0.452 e. The van der Waals surface area contributed by atoms with Gasteiger partial charge in [-0.2, -0.15) is 18.2 Å². The molecule has 32 heavy (non-hydrogen) atoms. The molecule has 1 fully saturated rings. The normalized spacial score (nSPS) is 15.2. The lowest BCUT2D eigenvalue weighted by atomic mass is 10.1. The molecule has 1 aromatic carbocycles. The Balaban J connectivity index is 1.38. The Bertz CT molecular complexity index is 1140. The minimum Gasteiger partial charge on any atom is -0.452 e. The van der Waals surface area contributed by atoms with Gasteiger partial charge in [-0.3, -0.25) is 14.5 Å².